The lowest BCUT2D eigenvalue weighted by molar-refractivity contribution is -0.149. The summed E-state index contributed by atoms with van der Waals surface area (Å²) in [6, 6.07) is 5.63. The molecule has 0 fully saturated rings. The summed E-state index contributed by atoms with van der Waals surface area (Å²) >= 11 is 0. The van der Waals surface area contributed by atoms with Crippen LogP contribution in [0.25, 0.3) is 0 Å². The standard InChI is InChI=1S/C39H61N5O11S/c1-34(2,32(49)50)25-39(11,12)55-27-13-15-28(16-14-27)56(51,52)44-33-40-23-26(24-41-33)31(48)43-36(5,6)18-20-53-37(7,8)21-29(45)42-35(3,4)17-19-54-38(9,10)22-30(46)47/h13-16,23-24H,17-22,25H2,1-12H3,(H,42,45)(H,43,48)(H,46,47)(H,49,50)(H,40,41,44). The number of amides is 2. The van der Waals surface area contributed by atoms with Crippen molar-refractivity contribution < 1.29 is 52.0 Å². The van der Waals surface area contributed by atoms with Crippen LogP contribution in [0.3, 0.4) is 0 Å². The molecule has 56 heavy (non-hydrogen) atoms. The number of benzene rings is 1. The second-order valence-electron chi connectivity index (χ2n) is 17.8. The van der Waals surface area contributed by atoms with Gasteiger partial charge in [0.2, 0.25) is 11.9 Å². The summed E-state index contributed by atoms with van der Waals surface area (Å²) in [4.78, 5) is 56.4. The summed E-state index contributed by atoms with van der Waals surface area (Å²) in [6.45, 7) is 21.6. The topological polar surface area (TPSA) is 232 Å². The average molecular weight is 808 g/mol. The van der Waals surface area contributed by atoms with E-state index in [1.165, 1.54) is 36.7 Å². The normalized spacial score (nSPS) is 13.1. The number of hydrogen-bond donors (Lipinski definition) is 5. The lowest BCUT2D eigenvalue weighted by atomic mass is 9.82. The molecule has 0 atom stereocenters. The number of aromatic nitrogens is 2. The lowest BCUT2D eigenvalue weighted by Gasteiger charge is -2.32. The van der Waals surface area contributed by atoms with Crippen molar-refractivity contribution in [2.45, 2.75) is 148 Å². The fourth-order valence-corrected chi connectivity index (χ4v) is 6.76. The molecule has 0 saturated carbocycles. The van der Waals surface area contributed by atoms with Crippen molar-refractivity contribution in [1.29, 1.82) is 0 Å². The first-order chi connectivity index (χ1) is 25.3. The van der Waals surface area contributed by atoms with E-state index in [9.17, 15) is 32.7 Å². The lowest BCUT2D eigenvalue weighted by Crippen LogP contribution is -2.47. The molecule has 2 amide bonds. The van der Waals surface area contributed by atoms with E-state index < -0.39 is 61.2 Å². The van der Waals surface area contributed by atoms with Gasteiger partial charge in [0.25, 0.3) is 15.9 Å². The van der Waals surface area contributed by atoms with Crippen LogP contribution >= 0.6 is 0 Å². The molecule has 314 valence electrons. The maximum Gasteiger partial charge on any atom is 0.309 e. The monoisotopic (exact) mass is 807 g/mol. The van der Waals surface area contributed by atoms with E-state index in [1.807, 2.05) is 27.7 Å². The van der Waals surface area contributed by atoms with E-state index in [0.29, 0.717) is 18.6 Å². The molecule has 0 aliphatic carbocycles. The molecule has 0 spiro atoms. The molecular formula is C39H61N5O11S. The third-order valence-electron chi connectivity index (χ3n) is 8.65. The molecule has 0 aliphatic heterocycles. The van der Waals surface area contributed by atoms with Crippen LogP contribution in [0.5, 0.6) is 5.75 Å². The molecule has 2 aromatic rings. The number of aliphatic carboxylic acids is 2. The third kappa shape index (κ3) is 16.8. The third-order valence-corrected chi connectivity index (χ3v) is 9.99. The van der Waals surface area contributed by atoms with E-state index in [4.69, 9.17) is 19.3 Å². The largest absolute Gasteiger partial charge is 0.488 e. The zero-order valence-electron chi connectivity index (χ0n) is 34.8. The Kier molecular flexibility index (Phi) is 15.6. The van der Waals surface area contributed by atoms with Crippen molar-refractivity contribution in [3.8, 4) is 5.75 Å². The van der Waals surface area contributed by atoms with Crippen molar-refractivity contribution in [1.82, 2.24) is 20.6 Å². The molecule has 16 nitrogen and oxygen atoms in total. The van der Waals surface area contributed by atoms with Gasteiger partial charge in [0.05, 0.1) is 39.9 Å². The van der Waals surface area contributed by atoms with Crippen LogP contribution in [-0.4, -0.2) is 93.4 Å². The van der Waals surface area contributed by atoms with E-state index >= 15 is 0 Å². The Morgan fingerprint density at radius 3 is 1.66 bits per heavy atom. The van der Waals surface area contributed by atoms with Gasteiger partial charge in [0.1, 0.15) is 11.4 Å². The highest BCUT2D eigenvalue weighted by Gasteiger charge is 2.36. The van der Waals surface area contributed by atoms with Crippen LogP contribution in [0.15, 0.2) is 41.6 Å². The van der Waals surface area contributed by atoms with E-state index in [2.05, 4.69) is 25.3 Å². The number of sulfonamides is 1. The van der Waals surface area contributed by atoms with Gasteiger partial charge in [0, 0.05) is 43.1 Å². The molecule has 2 rings (SSSR count). The van der Waals surface area contributed by atoms with Gasteiger partial charge in [-0.2, -0.15) is 0 Å². The highest BCUT2D eigenvalue weighted by Crippen LogP contribution is 2.32. The quantitative estimate of drug-likeness (QED) is 0.0925. The van der Waals surface area contributed by atoms with E-state index in [-0.39, 0.29) is 54.8 Å². The van der Waals surface area contributed by atoms with Crippen LogP contribution in [0.2, 0.25) is 0 Å². The molecule has 0 aliphatic rings. The first-order valence-corrected chi connectivity index (χ1v) is 19.8. The Labute approximate surface area is 330 Å². The highest BCUT2D eigenvalue weighted by atomic mass is 32.2. The van der Waals surface area contributed by atoms with Gasteiger partial charge in [-0.1, -0.05) is 0 Å². The van der Waals surface area contributed by atoms with Crippen LogP contribution in [0.1, 0.15) is 126 Å². The number of carbonyl (C=O) groups is 4. The maximum absolute atomic E-state index is 13.0. The average Bonchev–Trinajstić information content (AvgIpc) is 2.98. The summed E-state index contributed by atoms with van der Waals surface area (Å²) in [5.41, 5.74) is -4.74. The van der Waals surface area contributed by atoms with Gasteiger partial charge >= 0.3 is 11.9 Å². The number of carboxylic acids is 2. The molecule has 17 heteroatoms. The molecular weight excluding hydrogens is 747 g/mol. The molecule has 0 bridgehead atoms. The summed E-state index contributed by atoms with van der Waals surface area (Å²) in [7, 11) is -4.10. The van der Waals surface area contributed by atoms with Crippen LogP contribution < -0.4 is 20.1 Å². The predicted octanol–water partition coefficient (Wildman–Crippen LogP) is 5.57. The highest BCUT2D eigenvalue weighted by molar-refractivity contribution is 7.92. The fourth-order valence-electron chi connectivity index (χ4n) is 5.80. The minimum absolute atomic E-state index is 0.0783. The molecule has 1 heterocycles. The first kappa shape index (κ1) is 47.8. The smallest absolute Gasteiger partial charge is 0.309 e. The molecule has 1 aromatic carbocycles. The number of carboxylic acid groups (broad SMARTS) is 2. The Balaban J connectivity index is 1.88. The number of carbonyl (C=O) groups excluding carboxylic acids is 2. The van der Waals surface area contributed by atoms with Gasteiger partial charge in [-0.15, -0.1) is 0 Å². The van der Waals surface area contributed by atoms with E-state index in [1.54, 1.807) is 55.4 Å². The summed E-state index contributed by atoms with van der Waals surface area (Å²) in [5.74, 6) is -2.47. The van der Waals surface area contributed by atoms with Crippen molar-refractivity contribution in [3.63, 3.8) is 0 Å². The minimum Gasteiger partial charge on any atom is -0.488 e. The Morgan fingerprint density at radius 1 is 0.696 bits per heavy atom. The van der Waals surface area contributed by atoms with Gasteiger partial charge in [0.15, 0.2) is 0 Å². The number of ether oxygens (including phenoxy) is 3. The Bertz CT molecular complexity index is 1790. The van der Waals surface area contributed by atoms with Crippen molar-refractivity contribution >= 4 is 39.7 Å². The maximum atomic E-state index is 13.0. The van der Waals surface area contributed by atoms with Gasteiger partial charge in [-0.05, 0) is 120 Å². The Morgan fingerprint density at radius 2 is 1.18 bits per heavy atom. The number of anilines is 1. The van der Waals surface area contributed by atoms with Gasteiger partial charge < -0.3 is 35.1 Å². The van der Waals surface area contributed by atoms with Gasteiger partial charge in [-0.25, -0.2) is 23.1 Å². The molecule has 1 aromatic heterocycles. The molecule has 5 N–H and O–H groups in total. The number of nitrogens with zero attached hydrogens (tertiary/aromatic N) is 2. The van der Waals surface area contributed by atoms with Crippen molar-refractivity contribution in [2.24, 2.45) is 5.41 Å². The summed E-state index contributed by atoms with van der Waals surface area (Å²) in [5, 5.41) is 24.4. The molecule has 0 unspecified atom stereocenters. The zero-order chi connectivity index (χ0) is 43.0. The Hall–Kier alpha value is -4.35. The molecule has 0 radical (unpaired) electrons. The zero-order valence-corrected chi connectivity index (χ0v) is 35.6. The molecule has 0 saturated heterocycles. The van der Waals surface area contributed by atoms with Crippen molar-refractivity contribution in [2.75, 3.05) is 17.9 Å². The van der Waals surface area contributed by atoms with Crippen molar-refractivity contribution in [3.05, 3.63) is 42.2 Å². The summed E-state index contributed by atoms with van der Waals surface area (Å²) in [6.07, 6.45) is 3.45. The number of nitrogens with one attached hydrogen (secondary N) is 3. The van der Waals surface area contributed by atoms with Gasteiger partial charge in [-0.3, -0.25) is 19.2 Å². The first-order valence-electron chi connectivity index (χ1n) is 18.3. The van der Waals surface area contributed by atoms with E-state index in [0.717, 1.165) is 0 Å². The number of rotatable bonds is 23. The van der Waals surface area contributed by atoms with Crippen LogP contribution in [0, 0.1) is 5.41 Å². The predicted molar refractivity (Wildman–Crippen MR) is 210 cm³/mol. The SMILES string of the molecule is CC(C)(CCOC(C)(C)CC(=O)O)NC(=O)CC(C)(C)OCCC(C)(C)NC(=O)c1cnc(NS(=O)(=O)c2ccc(OC(C)(C)CC(C)(C)C(=O)O)cc2)nc1. The minimum atomic E-state index is -4.10. The van der Waals surface area contributed by atoms with Crippen LogP contribution in [-0.2, 0) is 33.9 Å². The summed E-state index contributed by atoms with van der Waals surface area (Å²) < 4.78 is 46.1. The second kappa shape index (κ2) is 18.3. The van der Waals surface area contributed by atoms with Crippen LogP contribution in [0.4, 0.5) is 5.95 Å². The number of hydrogen-bond acceptors (Lipinski definition) is 11. The fraction of sp³-hybridized carbons (Fsp3) is 0.641. The second-order valence-corrected chi connectivity index (χ2v) is 19.5.